The van der Waals surface area contributed by atoms with E-state index in [0.29, 0.717) is 24.7 Å². The second-order valence-electron chi connectivity index (χ2n) is 4.30. The van der Waals surface area contributed by atoms with Gasteiger partial charge in [-0.1, -0.05) is 30.3 Å². The fraction of sp³-hybridized carbons (Fsp3) is 0.333. The van der Waals surface area contributed by atoms with Gasteiger partial charge in [-0.05, 0) is 12.5 Å². The predicted octanol–water partition coefficient (Wildman–Crippen LogP) is 2.04. The Morgan fingerprint density at radius 1 is 1.30 bits per heavy atom. The zero-order valence-corrected chi connectivity index (χ0v) is 11.6. The Kier molecular flexibility index (Phi) is 5.03. The molecule has 106 valence electrons. The fourth-order valence-corrected chi connectivity index (χ4v) is 2.00. The summed E-state index contributed by atoms with van der Waals surface area (Å²) < 4.78 is 10.8. The predicted molar refractivity (Wildman–Crippen MR) is 75.5 cm³/mol. The number of benzene rings is 1. The highest BCUT2D eigenvalue weighted by atomic mass is 16.5. The van der Waals surface area contributed by atoms with Gasteiger partial charge in [0.1, 0.15) is 11.9 Å². The van der Waals surface area contributed by atoms with E-state index in [4.69, 9.17) is 9.47 Å². The maximum atomic E-state index is 11.7. The number of ether oxygens (including phenoxy) is 2. The molecule has 0 aliphatic heterocycles. The van der Waals surface area contributed by atoms with E-state index in [1.165, 1.54) is 6.07 Å². The first kappa shape index (κ1) is 14.4. The summed E-state index contributed by atoms with van der Waals surface area (Å²) in [5.74, 6) is 0.498. The molecule has 1 atom stereocenters. The van der Waals surface area contributed by atoms with Crippen LogP contribution in [0.5, 0.6) is 0 Å². The minimum absolute atomic E-state index is 0.206. The zero-order chi connectivity index (χ0) is 14.4. The summed E-state index contributed by atoms with van der Waals surface area (Å²) in [5, 5.41) is 0. The monoisotopic (exact) mass is 274 g/mol. The van der Waals surface area contributed by atoms with Crippen LogP contribution in [-0.2, 0) is 16.1 Å². The molecule has 0 aliphatic carbocycles. The molecule has 0 saturated carbocycles. The number of nitrogens with one attached hydrogen (secondary N) is 1. The molecule has 0 amide bonds. The first-order valence-corrected chi connectivity index (χ1v) is 6.50. The molecule has 0 bridgehead atoms. The molecule has 0 saturated heterocycles. The highest BCUT2D eigenvalue weighted by Gasteiger charge is 2.17. The first-order valence-electron chi connectivity index (χ1n) is 6.50. The second-order valence-corrected chi connectivity index (χ2v) is 4.30. The van der Waals surface area contributed by atoms with Crippen LogP contribution in [0.3, 0.4) is 0 Å². The van der Waals surface area contributed by atoms with Crippen LogP contribution in [0.4, 0.5) is 0 Å². The number of nitrogens with zero attached hydrogens (tertiary/aromatic N) is 1. The van der Waals surface area contributed by atoms with E-state index < -0.39 is 0 Å². The van der Waals surface area contributed by atoms with Gasteiger partial charge >= 0.3 is 0 Å². The summed E-state index contributed by atoms with van der Waals surface area (Å²) in [4.78, 5) is 18.9. The van der Waals surface area contributed by atoms with Gasteiger partial charge in [-0.25, -0.2) is 4.98 Å². The average molecular weight is 274 g/mol. The van der Waals surface area contributed by atoms with E-state index in [1.807, 2.05) is 37.3 Å². The number of rotatable bonds is 6. The molecular weight excluding hydrogens is 256 g/mol. The molecule has 2 aromatic rings. The second kappa shape index (κ2) is 6.98. The lowest BCUT2D eigenvalue weighted by Gasteiger charge is -2.17. The Hall–Kier alpha value is -1.98. The van der Waals surface area contributed by atoms with Crippen LogP contribution in [0.25, 0.3) is 0 Å². The molecule has 20 heavy (non-hydrogen) atoms. The van der Waals surface area contributed by atoms with Crippen molar-refractivity contribution < 1.29 is 9.47 Å². The molecule has 1 unspecified atom stereocenters. The Morgan fingerprint density at radius 2 is 2.05 bits per heavy atom. The SMILES string of the molecule is CCOC(c1ccccc1)c1nc(COC)cc(=O)[nH]1. The highest BCUT2D eigenvalue weighted by Crippen LogP contribution is 2.22. The topological polar surface area (TPSA) is 64.2 Å². The molecule has 1 aromatic carbocycles. The molecule has 0 radical (unpaired) electrons. The van der Waals surface area contributed by atoms with E-state index in [2.05, 4.69) is 9.97 Å². The third-order valence-electron chi connectivity index (χ3n) is 2.79. The van der Waals surface area contributed by atoms with Gasteiger partial charge in [0.25, 0.3) is 5.56 Å². The Balaban J connectivity index is 2.41. The lowest BCUT2D eigenvalue weighted by molar-refractivity contribution is 0.0842. The minimum atomic E-state index is -0.384. The number of aromatic amines is 1. The van der Waals surface area contributed by atoms with Crippen molar-refractivity contribution in [1.82, 2.24) is 9.97 Å². The van der Waals surface area contributed by atoms with Gasteiger partial charge < -0.3 is 14.5 Å². The van der Waals surface area contributed by atoms with Crippen LogP contribution in [0.15, 0.2) is 41.2 Å². The van der Waals surface area contributed by atoms with Crippen molar-refractivity contribution in [3.8, 4) is 0 Å². The number of hydrogen-bond donors (Lipinski definition) is 1. The molecule has 5 heteroatoms. The van der Waals surface area contributed by atoms with Gasteiger partial charge in [0.05, 0.1) is 12.3 Å². The molecule has 1 N–H and O–H groups in total. The Morgan fingerprint density at radius 3 is 2.70 bits per heavy atom. The quantitative estimate of drug-likeness (QED) is 0.875. The van der Waals surface area contributed by atoms with Gasteiger partial charge in [0.15, 0.2) is 0 Å². The maximum absolute atomic E-state index is 11.7. The number of H-pyrrole nitrogens is 1. The molecule has 0 aliphatic rings. The zero-order valence-electron chi connectivity index (χ0n) is 11.6. The molecule has 5 nitrogen and oxygen atoms in total. The van der Waals surface area contributed by atoms with Crippen molar-refractivity contribution in [1.29, 1.82) is 0 Å². The van der Waals surface area contributed by atoms with Crippen molar-refractivity contribution in [3.05, 3.63) is 63.8 Å². The van der Waals surface area contributed by atoms with Crippen LogP contribution >= 0.6 is 0 Å². The van der Waals surface area contributed by atoms with Crippen molar-refractivity contribution in [3.63, 3.8) is 0 Å². The van der Waals surface area contributed by atoms with E-state index in [1.54, 1.807) is 7.11 Å². The Bertz CT molecular complexity index is 596. The van der Waals surface area contributed by atoms with Crippen LogP contribution in [0.1, 0.15) is 30.1 Å². The van der Waals surface area contributed by atoms with Crippen LogP contribution in [-0.4, -0.2) is 23.7 Å². The van der Waals surface area contributed by atoms with Gasteiger partial charge in [-0.3, -0.25) is 4.79 Å². The Labute approximate surface area is 117 Å². The summed E-state index contributed by atoms with van der Waals surface area (Å²) >= 11 is 0. The fourth-order valence-electron chi connectivity index (χ4n) is 2.00. The highest BCUT2D eigenvalue weighted by molar-refractivity contribution is 5.23. The van der Waals surface area contributed by atoms with Gasteiger partial charge in [-0.15, -0.1) is 0 Å². The minimum Gasteiger partial charge on any atom is -0.378 e. The lowest BCUT2D eigenvalue weighted by Crippen LogP contribution is -2.18. The number of methoxy groups -OCH3 is 1. The summed E-state index contributed by atoms with van der Waals surface area (Å²) in [7, 11) is 1.57. The van der Waals surface area contributed by atoms with E-state index in [-0.39, 0.29) is 11.7 Å². The molecular formula is C15H18N2O3. The first-order chi connectivity index (χ1) is 9.74. The molecule has 1 aromatic heterocycles. The third-order valence-corrected chi connectivity index (χ3v) is 2.79. The molecule has 2 rings (SSSR count). The standard InChI is InChI=1S/C15H18N2O3/c1-3-20-14(11-7-5-4-6-8-11)15-16-12(10-19-2)9-13(18)17-15/h4-9,14H,3,10H2,1-2H3,(H,16,17,18). The van der Waals surface area contributed by atoms with Crippen molar-refractivity contribution >= 4 is 0 Å². The van der Waals surface area contributed by atoms with Gasteiger partial charge in [0, 0.05) is 19.8 Å². The summed E-state index contributed by atoms with van der Waals surface area (Å²) in [6.07, 6.45) is -0.384. The summed E-state index contributed by atoms with van der Waals surface area (Å²) in [5.41, 5.74) is 1.33. The van der Waals surface area contributed by atoms with Gasteiger partial charge in [-0.2, -0.15) is 0 Å². The third kappa shape index (κ3) is 3.53. The maximum Gasteiger partial charge on any atom is 0.251 e. The molecule has 1 heterocycles. The van der Waals surface area contributed by atoms with E-state index in [0.717, 1.165) is 5.56 Å². The lowest BCUT2D eigenvalue weighted by atomic mass is 10.1. The summed E-state index contributed by atoms with van der Waals surface area (Å²) in [6.45, 7) is 2.73. The van der Waals surface area contributed by atoms with E-state index >= 15 is 0 Å². The normalized spacial score (nSPS) is 12.3. The van der Waals surface area contributed by atoms with Crippen LogP contribution in [0, 0.1) is 0 Å². The van der Waals surface area contributed by atoms with Crippen LogP contribution in [0.2, 0.25) is 0 Å². The molecule has 0 fully saturated rings. The van der Waals surface area contributed by atoms with Crippen molar-refractivity contribution in [2.24, 2.45) is 0 Å². The largest absolute Gasteiger partial charge is 0.378 e. The smallest absolute Gasteiger partial charge is 0.251 e. The van der Waals surface area contributed by atoms with Gasteiger partial charge in [0.2, 0.25) is 0 Å². The van der Waals surface area contributed by atoms with Crippen LogP contribution < -0.4 is 5.56 Å². The van der Waals surface area contributed by atoms with E-state index in [9.17, 15) is 4.79 Å². The van der Waals surface area contributed by atoms with Crippen molar-refractivity contribution in [2.75, 3.05) is 13.7 Å². The molecule has 0 spiro atoms. The number of aromatic nitrogens is 2. The number of hydrogen-bond acceptors (Lipinski definition) is 4. The van der Waals surface area contributed by atoms with Crippen molar-refractivity contribution in [2.45, 2.75) is 19.6 Å². The summed E-state index contributed by atoms with van der Waals surface area (Å²) in [6, 6.07) is 11.1. The average Bonchev–Trinajstić information content (AvgIpc) is 2.45.